The van der Waals surface area contributed by atoms with Crippen LogP contribution in [0.5, 0.6) is 5.75 Å². The molecule has 0 spiro atoms. The average molecular weight is 322 g/mol. The van der Waals surface area contributed by atoms with Gasteiger partial charge < -0.3 is 14.6 Å². The van der Waals surface area contributed by atoms with Crippen LogP contribution in [0.25, 0.3) is 0 Å². The van der Waals surface area contributed by atoms with Crippen LogP contribution in [0.4, 0.5) is 0 Å². The number of hydrogen-bond acceptors (Lipinski definition) is 3. The lowest BCUT2D eigenvalue weighted by atomic mass is 10.2. The summed E-state index contributed by atoms with van der Waals surface area (Å²) in [5.41, 5.74) is 0.154. The van der Waals surface area contributed by atoms with Gasteiger partial charge in [-0.25, -0.2) is 4.79 Å². The third-order valence-electron chi connectivity index (χ3n) is 1.67. The summed E-state index contributed by atoms with van der Waals surface area (Å²) in [5, 5.41) is 8.92. The number of aromatic carboxylic acids is 1. The molecule has 1 aromatic rings. The summed E-state index contributed by atoms with van der Waals surface area (Å²) in [6, 6.07) is 4.97. The molecule has 15 heavy (non-hydrogen) atoms. The molecule has 0 fully saturated rings. The predicted molar refractivity (Wildman–Crippen MR) is 63.2 cm³/mol. The Balaban J connectivity index is 2.81. The topological polar surface area (TPSA) is 55.8 Å². The summed E-state index contributed by atoms with van der Waals surface area (Å²) in [5.74, 6) is -0.670. The van der Waals surface area contributed by atoms with Crippen LogP contribution in [0.15, 0.2) is 18.2 Å². The zero-order valence-electron chi connectivity index (χ0n) is 8.20. The first-order chi connectivity index (χ1) is 7.15. The molecule has 82 valence electrons. The molecule has 0 amide bonds. The number of halogens is 1. The largest absolute Gasteiger partial charge is 0.478 e. The van der Waals surface area contributed by atoms with Crippen molar-refractivity contribution in [1.29, 1.82) is 0 Å². The summed E-state index contributed by atoms with van der Waals surface area (Å²) in [4.78, 5) is 10.9. The Morgan fingerprint density at radius 2 is 2.27 bits per heavy atom. The molecule has 5 heteroatoms. The van der Waals surface area contributed by atoms with E-state index in [1.807, 2.05) is 6.92 Å². The molecule has 4 nitrogen and oxygen atoms in total. The molecule has 1 N–H and O–H groups in total. The fourth-order valence-electron chi connectivity index (χ4n) is 0.984. The fraction of sp³-hybridized carbons (Fsp3) is 0.300. The molecule has 0 bridgehead atoms. The molecule has 0 saturated carbocycles. The van der Waals surface area contributed by atoms with E-state index in [9.17, 15) is 4.79 Å². The zero-order chi connectivity index (χ0) is 11.3. The van der Waals surface area contributed by atoms with Crippen LogP contribution >= 0.6 is 22.6 Å². The molecule has 0 unspecified atom stereocenters. The van der Waals surface area contributed by atoms with Gasteiger partial charge in [-0.1, -0.05) is 0 Å². The summed E-state index contributed by atoms with van der Waals surface area (Å²) in [6.45, 7) is 2.44. The van der Waals surface area contributed by atoms with Gasteiger partial charge in [0.15, 0.2) is 6.79 Å². The zero-order valence-corrected chi connectivity index (χ0v) is 10.4. The summed E-state index contributed by atoms with van der Waals surface area (Å²) < 4.78 is 11.0. The van der Waals surface area contributed by atoms with Gasteiger partial charge in [-0.15, -0.1) is 0 Å². The number of hydrogen-bond donors (Lipinski definition) is 1. The molecule has 0 radical (unpaired) electrons. The number of rotatable bonds is 5. The maximum absolute atomic E-state index is 10.9. The minimum absolute atomic E-state index is 0.0668. The van der Waals surface area contributed by atoms with Crippen LogP contribution in [-0.4, -0.2) is 24.5 Å². The van der Waals surface area contributed by atoms with Gasteiger partial charge in [-0.2, -0.15) is 0 Å². The number of carboxylic acids is 1. The lowest BCUT2D eigenvalue weighted by Crippen LogP contribution is -2.07. The minimum atomic E-state index is -1.000. The highest BCUT2D eigenvalue weighted by Crippen LogP contribution is 2.21. The van der Waals surface area contributed by atoms with Crippen LogP contribution in [-0.2, 0) is 4.74 Å². The Bertz CT molecular complexity index is 351. The van der Waals surface area contributed by atoms with Crippen molar-refractivity contribution in [2.24, 2.45) is 0 Å². The molecule has 1 aromatic carbocycles. The Hall–Kier alpha value is -0.820. The molecule has 0 aliphatic rings. The standard InChI is InChI=1S/C10H11IO4/c1-2-14-6-15-9-4-3-7(11)5-8(9)10(12)13/h3-5H,2,6H2,1H3,(H,12,13). The third kappa shape index (κ3) is 3.67. The summed E-state index contributed by atoms with van der Waals surface area (Å²) in [6.07, 6.45) is 0. The van der Waals surface area contributed by atoms with Crippen molar-refractivity contribution in [3.8, 4) is 5.75 Å². The first-order valence-corrected chi connectivity index (χ1v) is 5.46. The third-order valence-corrected chi connectivity index (χ3v) is 2.34. The molecule has 0 saturated heterocycles. The Morgan fingerprint density at radius 1 is 1.53 bits per heavy atom. The highest BCUT2D eigenvalue weighted by molar-refractivity contribution is 14.1. The Labute approximate surface area is 101 Å². The smallest absolute Gasteiger partial charge is 0.339 e. The van der Waals surface area contributed by atoms with E-state index in [0.717, 1.165) is 3.57 Å². The second-order valence-electron chi connectivity index (χ2n) is 2.70. The van der Waals surface area contributed by atoms with E-state index in [1.54, 1.807) is 18.2 Å². The van der Waals surface area contributed by atoms with Crippen molar-refractivity contribution in [3.05, 3.63) is 27.3 Å². The van der Waals surface area contributed by atoms with E-state index in [4.69, 9.17) is 14.6 Å². The first kappa shape index (κ1) is 12.3. The van der Waals surface area contributed by atoms with Gasteiger partial charge in [0.2, 0.25) is 0 Å². The van der Waals surface area contributed by atoms with Gasteiger partial charge in [0, 0.05) is 10.2 Å². The lowest BCUT2D eigenvalue weighted by molar-refractivity contribution is 0.0213. The molecule has 0 aromatic heterocycles. The van der Waals surface area contributed by atoms with E-state index in [0.29, 0.717) is 12.4 Å². The monoisotopic (exact) mass is 322 g/mol. The van der Waals surface area contributed by atoms with E-state index in [1.165, 1.54) is 0 Å². The molecule has 0 atom stereocenters. The normalized spacial score (nSPS) is 10.0. The average Bonchev–Trinajstić information content (AvgIpc) is 2.20. The highest BCUT2D eigenvalue weighted by Gasteiger charge is 2.11. The first-order valence-electron chi connectivity index (χ1n) is 4.38. The van der Waals surface area contributed by atoms with Crippen molar-refractivity contribution < 1.29 is 19.4 Å². The van der Waals surface area contributed by atoms with Gasteiger partial charge in [-0.3, -0.25) is 0 Å². The van der Waals surface area contributed by atoms with Crippen LogP contribution in [0.1, 0.15) is 17.3 Å². The van der Waals surface area contributed by atoms with Gasteiger partial charge in [0.1, 0.15) is 11.3 Å². The van der Waals surface area contributed by atoms with Crippen LogP contribution in [0, 0.1) is 3.57 Å². The minimum Gasteiger partial charge on any atom is -0.478 e. The Morgan fingerprint density at radius 3 is 2.87 bits per heavy atom. The molecule has 0 heterocycles. The summed E-state index contributed by atoms with van der Waals surface area (Å²) >= 11 is 2.05. The number of carboxylic acid groups (broad SMARTS) is 1. The van der Waals surface area contributed by atoms with Crippen molar-refractivity contribution >= 4 is 28.6 Å². The van der Waals surface area contributed by atoms with E-state index in [2.05, 4.69) is 22.6 Å². The van der Waals surface area contributed by atoms with E-state index in [-0.39, 0.29) is 12.4 Å². The SMILES string of the molecule is CCOCOc1ccc(I)cc1C(=O)O. The van der Waals surface area contributed by atoms with Gasteiger partial charge in [-0.05, 0) is 47.7 Å². The maximum atomic E-state index is 10.9. The van der Waals surface area contributed by atoms with Crippen LogP contribution in [0.2, 0.25) is 0 Å². The van der Waals surface area contributed by atoms with Crippen molar-refractivity contribution in [2.75, 3.05) is 13.4 Å². The van der Waals surface area contributed by atoms with Crippen molar-refractivity contribution in [3.63, 3.8) is 0 Å². The van der Waals surface area contributed by atoms with Crippen molar-refractivity contribution in [1.82, 2.24) is 0 Å². The second-order valence-corrected chi connectivity index (χ2v) is 3.95. The van der Waals surface area contributed by atoms with Gasteiger partial charge in [0.25, 0.3) is 0 Å². The Kier molecular flexibility index (Phi) is 4.83. The maximum Gasteiger partial charge on any atom is 0.339 e. The summed E-state index contributed by atoms with van der Waals surface area (Å²) in [7, 11) is 0. The van der Waals surface area contributed by atoms with E-state index >= 15 is 0 Å². The lowest BCUT2D eigenvalue weighted by Gasteiger charge is -2.08. The number of benzene rings is 1. The van der Waals surface area contributed by atoms with Crippen molar-refractivity contribution in [2.45, 2.75) is 6.92 Å². The number of carbonyl (C=O) groups is 1. The molecule has 0 aliphatic carbocycles. The molecular weight excluding hydrogens is 311 g/mol. The second kappa shape index (κ2) is 5.92. The molecule has 0 aliphatic heterocycles. The molecule has 1 rings (SSSR count). The van der Waals surface area contributed by atoms with E-state index < -0.39 is 5.97 Å². The quantitative estimate of drug-likeness (QED) is 0.514. The highest BCUT2D eigenvalue weighted by atomic mass is 127. The van der Waals surface area contributed by atoms with Gasteiger partial charge in [0.05, 0.1) is 0 Å². The van der Waals surface area contributed by atoms with Crippen LogP contribution < -0.4 is 4.74 Å². The molecular formula is C10H11IO4. The predicted octanol–water partition coefficient (Wildman–Crippen LogP) is 2.36. The fourth-order valence-corrected chi connectivity index (χ4v) is 1.47. The van der Waals surface area contributed by atoms with Crippen LogP contribution in [0.3, 0.4) is 0 Å². The van der Waals surface area contributed by atoms with Gasteiger partial charge >= 0.3 is 5.97 Å². The number of ether oxygens (including phenoxy) is 2.